The van der Waals surface area contributed by atoms with E-state index < -0.39 is 10.2 Å². The lowest BCUT2D eigenvalue weighted by Crippen LogP contribution is -2.43. The maximum absolute atomic E-state index is 12.2. The van der Waals surface area contributed by atoms with Gasteiger partial charge in [-0.1, -0.05) is 0 Å². The molecule has 1 saturated heterocycles. The van der Waals surface area contributed by atoms with Crippen LogP contribution >= 0.6 is 0 Å². The van der Waals surface area contributed by atoms with Crippen molar-refractivity contribution in [2.45, 2.75) is 19.3 Å². The van der Waals surface area contributed by atoms with E-state index in [0.717, 1.165) is 19.4 Å². The Kier molecular flexibility index (Phi) is 6.51. The number of hydrogen-bond donors (Lipinski definition) is 1. The third-order valence-electron chi connectivity index (χ3n) is 3.23. The Hall–Kier alpha value is -0.210. The van der Waals surface area contributed by atoms with Crippen molar-refractivity contribution >= 4 is 10.2 Å². The SMILES string of the molecule is CN(CCCN)S(=O)(=O)N(C)CC1CCCOC1. The van der Waals surface area contributed by atoms with E-state index in [-0.39, 0.29) is 0 Å². The van der Waals surface area contributed by atoms with Crippen molar-refractivity contribution in [1.82, 2.24) is 8.61 Å². The van der Waals surface area contributed by atoms with Gasteiger partial charge in [-0.25, -0.2) is 0 Å². The molecule has 0 aromatic rings. The Morgan fingerprint density at radius 1 is 1.33 bits per heavy atom. The van der Waals surface area contributed by atoms with E-state index >= 15 is 0 Å². The van der Waals surface area contributed by atoms with Crippen LogP contribution in [0.1, 0.15) is 19.3 Å². The van der Waals surface area contributed by atoms with Gasteiger partial charge in [0.1, 0.15) is 0 Å². The highest BCUT2D eigenvalue weighted by Gasteiger charge is 2.26. The second-order valence-electron chi connectivity index (χ2n) is 4.84. The highest BCUT2D eigenvalue weighted by Crippen LogP contribution is 2.16. The fourth-order valence-corrected chi connectivity index (χ4v) is 3.31. The molecule has 0 aromatic heterocycles. The van der Waals surface area contributed by atoms with Crippen LogP contribution in [-0.2, 0) is 14.9 Å². The summed E-state index contributed by atoms with van der Waals surface area (Å²) < 4.78 is 32.5. The Bertz CT molecular complexity index is 328. The van der Waals surface area contributed by atoms with Gasteiger partial charge >= 0.3 is 0 Å². The standard InChI is InChI=1S/C11H25N3O3S/c1-13(7-4-6-12)18(15,16)14(2)9-11-5-3-8-17-10-11/h11H,3-10,12H2,1-2H3. The van der Waals surface area contributed by atoms with Gasteiger partial charge in [0.25, 0.3) is 10.2 Å². The van der Waals surface area contributed by atoms with Gasteiger partial charge in [0, 0.05) is 33.8 Å². The lowest BCUT2D eigenvalue weighted by atomic mass is 10.0. The Morgan fingerprint density at radius 2 is 2.06 bits per heavy atom. The fraction of sp³-hybridized carbons (Fsp3) is 1.00. The molecule has 1 fully saturated rings. The van der Waals surface area contributed by atoms with Crippen LogP contribution in [0.4, 0.5) is 0 Å². The maximum Gasteiger partial charge on any atom is 0.281 e. The molecule has 1 unspecified atom stereocenters. The minimum atomic E-state index is -3.36. The van der Waals surface area contributed by atoms with Crippen molar-refractivity contribution in [1.29, 1.82) is 0 Å². The molecular weight excluding hydrogens is 254 g/mol. The molecule has 1 aliphatic rings. The first-order valence-corrected chi connectivity index (χ1v) is 7.83. The van der Waals surface area contributed by atoms with Gasteiger partial charge in [-0.15, -0.1) is 0 Å². The van der Waals surface area contributed by atoms with E-state index in [4.69, 9.17) is 10.5 Å². The number of nitrogens with two attached hydrogens (primary N) is 1. The van der Waals surface area contributed by atoms with Gasteiger partial charge in [0.05, 0.1) is 6.61 Å². The molecule has 0 saturated carbocycles. The van der Waals surface area contributed by atoms with Gasteiger partial charge in [-0.3, -0.25) is 0 Å². The summed E-state index contributed by atoms with van der Waals surface area (Å²) in [4.78, 5) is 0. The predicted octanol–water partition coefficient (Wildman–Crippen LogP) is -0.130. The van der Waals surface area contributed by atoms with E-state index in [1.54, 1.807) is 14.1 Å². The van der Waals surface area contributed by atoms with Crippen LogP contribution in [-0.4, -0.2) is 64.0 Å². The van der Waals surface area contributed by atoms with Crippen molar-refractivity contribution in [2.24, 2.45) is 11.7 Å². The molecule has 1 rings (SSSR count). The van der Waals surface area contributed by atoms with Crippen molar-refractivity contribution in [3.8, 4) is 0 Å². The summed E-state index contributed by atoms with van der Waals surface area (Å²) in [6.07, 6.45) is 2.73. The van der Waals surface area contributed by atoms with Gasteiger partial charge in [0.2, 0.25) is 0 Å². The highest BCUT2D eigenvalue weighted by molar-refractivity contribution is 7.86. The number of ether oxygens (including phenoxy) is 1. The molecule has 2 N–H and O–H groups in total. The largest absolute Gasteiger partial charge is 0.381 e. The lowest BCUT2D eigenvalue weighted by molar-refractivity contribution is 0.0491. The van der Waals surface area contributed by atoms with Crippen LogP contribution in [0.25, 0.3) is 0 Å². The summed E-state index contributed by atoms with van der Waals surface area (Å²) in [5.41, 5.74) is 5.39. The molecule has 6 nitrogen and oxygen atoms in total. The first kappa shape index (κ1) is 15.8. The minimum absolute atomic E-state index is 0.307. The fourth-order valence-electron chi connectivity index (χ4n) is 2.08. The van der Waals surface area contributed by atoms with Crippen LogP contribution in [0.3, 0.4) is 0 Å². The minimum Gasteiger partial charge on any atom is -0.381 e. The molecule has 0 radical (unpaired) electrons. The molecule has 1 atom stereocenters. The molecular formula is C11H25N3O3S. The second-order valence-corrected chi connectivity index (χ2v) is 6.98. The van der Waals surface area contributed by atoms with Crippen LogP contribution in [0.15, 0.2) is 0 Å². The topological polar surface area (TPSA) is 75.9 Å². The third-order valence-corrected chi connectivity index (χ3v) is 5.14. The average Bonchev–Trinajstić information content (AvgIpc) is 2.36. The Labute approximate surface area is 110 Å². The van der Waals surface area contributed by atoms with Gasteiger partial charge in [-0.05, 0) is 31.7 Å². The van der Waals surface area contributed by atoms with E-state index in [1.807, 2.05) is 0 Å². The second kappa shape index (κ2) is 7.40. The molecule has 1 heterocycles. The third kappa shape index (κ3) is 4.47. The molecule has 0 spiro atoms. The first-order valence-electron chi connectivity index (χ1n) is 6.44. The number of hydrogen-bond acceptors (Lipinski definition) is 4. The molecule has 108 valence electrons. The van der Waals surface area contributed by atoms with Gasteiger partial charge < -0.3 is 10.5 Å². The summed E-state index contributed by atoms with van der Waals surface area (Å²) in [7, 11) is -0.131. The average molecular weight is 279 g/mol. The Balaban J connectivity index is 2.49. The zero-order valence-electron chi connectivity index (χ0n) is 11.3. The monoisotopic (exact) mass is 279 g/mol. The van der Waals surface area contributed by atoms with E-state index in [2.05, 4.69) is 0 Å². The Morgan fingerprint density at radius 3 is 2.61 bits per heavy atom. The zero-order chi connectivity index (χ0) is 13.6. The first-order chi connectivity index (χ1) is 8.48. The normalized spacial score (nSPS) is 21.7. The molecule has 0 bridgehead atoms. The van der Waals surface area contributed by atoms with E-state index in [1.165, 1.54) is 8.61 Å². The molecule has 7 heteroatoms. The van der Waals surface area contributed by atoms with Crippen LogP contribution in [0.5, 0.6) is 0 Å². The van der Waals surface area contributed by atoms with Crippen molar-refractivity contribution in [3.63, 3.8) is 0 Å². The lowest BCUT2D eigenvalue weighted by Gasteiger charge is -2.29. The number of nitrogens with zero attached hydrogens (tertiary/aromatic N) is 2. The predicted molar refractivity (Wildman–Crippen MR) is 71.4 cm³/mol. The molecule has 1 aliphatic heterocycles. The molecule has 18 heavy (non-hydrogen) atoms. The van der Waals surface area contributed by atoms with Crippen molar-refractivity contribution in [2.75, 3.05) is 46.9 Å². The molecule has 0 aliphatic carbocycles. The van der Waals surface area contributed by atoms with Gasteiger partial charge in [-0.2, -0.15) is 17.0 Å². The highest BCUT2D eigenvalue weighted by atomic mass is 32.2. The summed E-state index contributed by atoms with van der Waals surface area (Å²) in [5, 5.41) is 0. The summed E-state index contributed by atoms with van der Waals surface area (Å²) >= 11 is 0. The van der Waals surface area contributed by atoms with Crippen LogP contribution in [0.2, 0.25) is 0 Å². The van der Waals surface area contributed by atoms with Crippen LogP contribution < -0.4 is 5.73 Å². The van der Waals surface area contributed by atoms with Gasteiger partial charge in [0.15, 0.2) is 0 Å². The van der Waals surface area contributed by atoms with E-state index in [9.17, 15) is 8.42 Å². The molecule has 0 aromatic carbocycles. The number of rotatable bonds is 7. The quantitative estimate of drug-likeness (QED) is 0.704. The van der Waals surface area contributed by atoms with Crippen molar-refractivity contribution in [3.05, 3.63) is 0 Å². The van der Waals surface area contributed by atoms with Crippen molar-refractivity contribution < 1.29 is 13.2 Å². The van der Waals surface area contributed by atoms with E-state index in [0.29, 0.717) is 38.6 Å². The summed E-state index contributed by atoms with van der Waals surface area (Å²) in [6.45, 7) is 2.94. The summed E-state index contributed by atoms with van der Waals surface area (Å²) in [6, 6.07) is 0. The summed E-state index contributed by atoms with van der Waals surface area (Å²) in [5.74, 6) is 0.307. The maximum atomic E-state index is 12.2. The zero-order valence-corrected chi connectivity index (χ0v) is 12.2. The van der Waals surface area contributed by atoms with Crippen LogP contribution in [0, 0.1) is 5.92 Å². The molecule has 0 amide bonds. The smallest absolute Gasteiger partial charge is 0.281 e.